The lowest BCUT2D eigenvalue weighted by molar-refractivity contribution is 0.642. The highest BCUT2D eigenvalue weighted by molar-refractivity contribution is 7.99. The molecule has 1 aliphatic heterocycles. The molecule has 0 unspecified atom stereocenters. The van der Waals surface area contributed by atoms with Gasteiger partial charge in [0.25, 0.3) is 0 Å². The second kappa shape index (κ2) is 9.26. The van der Waals surface area contributed by atoms with E-state index < -0.39 is 0 Å². The van der Waals surface area contributed by atoms with Crippen LogP contribution in [0.2, 0.25) is 0 Å². The second-order valence-electron chi connectivity index (χ2n) is 4.80. The SMILES string of the molecule is C=C1C=CC=CN1/C=C(\C)CSc1nc(C)cc(C)n1.CC. The van der Waals surface area contributed by atoms with Crippen molar-refractivity contribution in [2.24, 2.45) is 0 Å². The van der Waals surface area contributed by atoms with E-state index >= 15 is 0 Å². The molecule has 0 amide bonds. The Labute approximate surface area is 138 Å². The Balaban J connectivity index is 0.00000116. The zero-order valence-electron chi connectivity index (χ0n) is 14.1. The summed E-state index contributed by atoms with van der Waals surface area (Å²) in [6.45, 7) is 14.1. The molecular formula is C18H25N3S. The van der Waals surface area contributed by atoms with Crippen molar-refractivity contribution < 1.29 is 0 Å². The highest BCUT2D eigenvalue weighted by Crippen LogP contribution is 2.19. The number of nitrogens with zero attached hydrogens (tertiary/aromatic N) is 3. The molecule has 118 valence electrons. The summed E-state index contributed by atoms with van der Waals surface area (Å²) >= 11 is 1.66. The average molecular weight is 315 g/mol. The summed E-state index contributed by atoms with van der Waals surface area (Å²) in [5.41, 5.74) is 4.25. The molecule has 0 saturated carbocycles. The van der Waals surface area contributed by atoms with Crippen molar-refractivity contribution in [1.29, 1.82) is 0 Å². The number of hydrogen-bond donors (Lipinski definition) is 0. The number of aryl methyl sites for hydroxylation is 2. The highest BCUT2D eigenvalue weighted by Gasteiger charge is 2.04. The van der Waals surface area contributed by atoms with Crippen molar-refractivity contribution in [3.05, 3.63) is 65.9 Å². The quantitative estimate of drug-likeness (QED) is 0.576. The van der Waals surface area contributed by atoms with Crippen LogP contribution in [0.3, 0.4) is 0 Å². The lowest BCUT2D eigenvalue weighted by Gasteiger charge is -2.19. The molecule has 2 heterocycles. The van der Waals surface area contributed by atoms with Crippen molar-refractivity contribution in [1.82, 2.24) is 14.9 Å². The van der Waals surface area contributed by atoms with E-state index in [1.165, 1.54) is 5.57 Å². The van der Waals surface area contributed by atoms with Gasteiger partial charge < -0.3 is 4.90 Å². The van der Waals surface area contributed by atoms with Crippen molar-refractivity contribution in [2.45, 2.75) is 39.8 Å². The molecule has 0 radical (unpaired) electrons. The van der Waals surface area contributed by atoms with Crippen molar-refractivity contribution in [3.8, 4) is 0 Å². The predicted octanol–water partition coefficient (Wildman–Crippen LogP) is 5.01. The molecule has 0 bridgehead atoms. The summed E-state index contributed by atoms with van der Waals surface area (Å²) in [6, 6.07) is 1.99. The van der Waals surface area contributed by atoms with Crippen LogP contribution in [0.15, 0.2) is 59.7 Å². The fourth-order valence-corrected chi connectivity index (χ4v) is 2.68. The number of allylic oxidation sites excluding steroid dienone is 3. The maximum atomic E-state index is 4.44. The van der Waals surface area contributed by atoms with Gasteiger partial charge >= 0.3 is 0 Å². The van der Waals surface area contributed by atoms with Crippen LogP contribution in [0.4, 0.5) is 0 Å². The molecule has 0 spiro atoms. The minimum Gasteiger partial charge on any atom is -0.325 e. The molecule has 1 aliphatic rings. The number of aromatic nitrogens is 2. The van der Waals surface area contributed by atoms with Crippen molar-refractivity contribution >= 4 is 11.8 Å². The molecule has 0 fully saturated rings. The number of hydrogen-bond acceptors (Lipinski definition) is 4. The van der Waals surface area contributed by atoms with E-state index in [9.17, 15) is 0 Å². The van der Waals surface area contributed by atoms with Crippen LogP contribution in [0.1, 0.15) is 32.2 Å². The van der Waals surface area contributed by atoms with Crippen LogP contribution in [0.5, 0.6) is 0 Å². The molecule has 1 aromatic heterocycles. The first-order valence-electron chi connectivity index (χ1n) is 7.49. The van der Waals surface area contributed by atoms with E-state index in [0.29, 0.717) is 0 Å². The third kappa shape index (κ3) is 5.90. The molecule has 4 heteroatoms. The monoisotopic (exact) mass is 315 g/mol. The average Bonchev–Trinajstić information content (AvgIpc) is 2.49. The van der Waals surface area contributed by atoms with Crippen LogP contribution < -0.4 is 0 Å². The Bertz CT molecular complexity index is 580. The predicted molar refractivity (Wildman–Crippen MR) is 96.6 cm³/mol. The summed E-state index contributed by atoms with van der Waals surface area (Å²) in [6.07, 6.45) is 10.1. The third-order valence-corrected chi connectivity index (χ3v) is 3.77. The molecule has 1 aromatic rings. The Hall–Kier alpha value is -1.81. The first-order valence-corrected chi connectivity index (χ1v) is 8.47. The molecule has 0 saturated heterocycles. The molecule has 22 heavy (non-hydrogen) atoms. The topological polar surface area (TPSA) is 29.0 Å². The van der Waals surface area contributed by atoms with Gasteiger partial charge in [-0.2, -0.15) is 0 Å². The van der Waals surface area contributed by atoms with E-state index in [-0.39, 0.29) is 0 Å². The van der Waals surface area contributed by atoms with E-state index in [0.717, 1.165) is 28.0 Å². The van der Waals surface area contributed by atoms with Gasteiger partial charge in [0.2, 0.25) is 0 Å². The highest BCUT2D eigenvalue weighted by atomic mass is 32.2. The van der Waals surface area contributed by atoms with Crippen LogP contribution in [-0.4, -0.2) is 20.6 Å². The van der Waals surface area contributed by atoms with Gasteiger partial charge in [-0.1, -0.05) is 38.3 Å². The second-order valence-corrected chi connectivity index (χ2v) is 5.74. The van der Waals surface area contributed by atoms with E-state index in [2.05, 4.69) is 29.7 Å². The summed E-state index contributed by atoms with van der Waals surface area (Å²) < 4.78 is 0. The van der Waals surface area contributed by atoms with E-state index in [4.69, 9.17) is 0 Å². The fourth-order valence-electron chi connectivity index (χ4n) is 1.83. The molecular weight excluding hydrogens is 290 g/mol. The lowest BCUT2D eigenvalue weighted by Crippen LogP contribution is -2.09. The molecule has 0 aromatic carbocycles. The van der Waals surface area contributed by atoms with Gasteiger partial charge in [-0.15, -0.1) is 0 Å². The normalized spacial score (nSPS) is 14.0. The fraction of sp³-hybridized carbons (Fsp3) is 0.333. The third-order valence-electron chi connectivity index (χ3n) is 2.73. The Morgan fingerprint density at radius 3 is 2.45 bits per heavy atom. The number of rotatable bonds is 4. The zero-order chi connectivity index (χ0) is 16.5. The van der Waals surface area contributed by atoms with Gasteiger partial charge in [0, 0.05) is 35.2 Å². The standard InChI is InChI=1S/C16H19N3S.C2H6/c1-12(10-19-8-6-5-7-15(19)4)11-20-16-17-13(2)9-14(3)18-16;1-2/h5-10H,4,11H2,1-3H3;1-2H3/b12-10+;. The lowest BCUT2D eigenvalue weighted by atomic mass is 10.3. The first-order chi connectivity index (χ1) is 10.5. The smallest absolute Gasteiger partial charge is 0.188 e. The van der Waals surface area contributed by atoms with Crippen molar-refractivity contribution in [2.75, 3.05) is 5.75 Å². The summed E-state index contributed by atoms with van der Waals surface area (Å²) in [4.78, 5) is 10.9. The Morgan fingerprint density at radius 2 is 1.86 bits per heavy atom. The van der Waals surface area contributed by atoms with Crippen molar-refractivity contribution in [3.63, 3.8) is 0 Å². The first kappa shape index (κ1) is 18.2. The van der Waals surface area contributed by atoms with Gasteiger partial charge in [0.05, 0.1) is 0 Å². The maximum absolute atomic E-state index is 4.44. The molecule has 0 atom stereocenters. The minimum absolute atomic E-state index is 0.836. The molecule has 3 nitrogen and oxygen atoms in total. The van der Waals surface area contributed by atoms with Crippen LogP contribution >= 0.6 is 11.8 Å². The van der Waals surface area contributed by atoms with E-state index in [1.54, 1.807) is 11.8 Å². The zero-order valence-corrected chi connectivity index (χ0v) is 14.9. The summed E-state index contributed by atoms with van der Waals surface area (Å²) in [5.74, 6) is 0.865. The van der Waals surface area contributed by atoms with Crippen LogP contribution in [-0.2, 0) is 0 Å². The summed E-state index contributed by atoms with van der Waals surface area (Å²) in [7, 11) is 0. The van der Waals surface area contributed by atoms with E-state index in [1.807, 2.05) is 63.1 Å². The molecule has 0 N–H and O–H groups in total. The van der Waals surface area contributed by atoms with Gasteiger partial charge in [-0.25, -0.2) is 9.97 Å². The Morgan fingerprint density at radius 1 is 1.23 bits per heavy atom. The van der Waals surface area contributed by atoms with Gasteiger partial charge in [-0.3, -0.25) is 0 Å². The molecule has 2 rings (SSSR count). The molecule has 0 aliphatic carbocycles. The van der Waals surface area contributed by atoms with Crippen LogP contribution in [0.25, 0.3) is 0 Å². The van der Waals surface area contributed by atoms with Crippen LogP contribution in [0, 0.1) is 13.8 Å². The summed E-state index contributed by atoms with van der Waals surface area (Å²) in [5, 5.41) is 0.836. The van der Waals surface area contributed by atoms with Gasteiger partial charge in [0.1, 0.15) is 0 Å². The largest absolute Gasteiger partial charge is 0.325 e. The van der Waals surface area contributed by atoms with Gasteiger partial charge in [-0.05, 0) is 44.6 Å². The minimum atomic E-state index is 0.836. The number of thioether (sulfide) groups is 1. The van der Waals surface area contributed by atoms with Gasteiger partial charge in [0.15, 0.2) is 5.16 Å². The maximum Gasteiger partial charge on any atom is 0.188 e. The Kier molecular flexibility index (Phi) is 7.67.